The normalized spacial score (nSPS) is 10.1. The fourth-order valence-corrected chi connectivity index (χ4v) is 1.11. The number of ketones is 1. The van der Waals surface area contributed by atoms with Crippen LogP contribution in [0, 0.1) is 0 Å². The number of aryl methyl sites for hydroxylation is 1. The largest absolute Gasteiger partial charge is 0.481 e. The summed E-state index contributed by atoms with van der Waals surface area (Å²) >= 11 is 0. The van der Waals surface area contributed by atoms with Crippen LogP contribution in [0.3, 0.4) is 0 Å². The first kappa shape index (κ1) is 9.77. The van der Waals surface area contributed by atoms with Gasteiger partial charge in [-0.1, -0.05) is 6.92 Å². The molecule has 0 saturated heterocycles. The molecular weight excluding hydrogens is 168 g/mol. The molecule has 0 N–H and O–H groups in total. The number of hydrogen-bond acceptors (Lipinski definition) is 3. The summed E-state index contributed by atoms with van der Waals surface area (Å²) < 4.78 is 6.73. The van der Waals surface area contributed by atoms with Crippen LogP contribution in [0.15, 0.2) is 6.07 Å². The summed E-state index contributed by atoms with van der Waals surface area (Å²) in [4.78, 5) is 11.3. The fourth-order valence-electron chi connectivity index (χ4n) is 1.11. The van der Waals surface area contributed by atoms with Crippen LogP contribution in [0.5, 0.6) is 5.88 Å². The van der Waals surface area contributed by atoms with Gasteiger partial charge in [0.2, 0.25) is 5.88 Å². The molecule has 0 saturated carbocycles. The Balaban J connectivity index is 2.99. The van der Waals surface area contributed by atoms with Gasteiger partial charge in [-0.25, -0.2) is 4.68 Å². The third-order valence-electron chi connectivity index (χ3n) is 1.86. The molecule has 13 heavy (non-hydrogen) atoms. The van der Waals surface area contributed by atoms with Gasteiger partial charge in [-0.2, -0.15) is 5.10 Å². The Morgan fingerprint density at radius 3 is 2.69 bits per heavy atom. The lowest BCUT2D eigenvalue weighted by Crippen LogP contribution is -2.02. The SMILES string of the molecule is CCC(=O)c1cc(OC)n(CC)n1. The van der Waals surface area contributed by atoms with E-state index in [1.807, 2.05) is 13.8 Å². The minimum atomic E-state index is 0.0468. The van der Waals surface area contributed by atoms with Gasteiger partial charge in [0.15, 0.2) is 5.78 Å². The van der Waals surface area contributed by atoms with Crippen molar-refractivity contribution in [3.05, 3.63) is 11.8 Å². The molecule has 0 atom stereocenters. The standard InChI is InChI=1S/C9H14N2O2/c1-4-8(12)7-6-9(13-3)11(5-2)10-7/h6H,4-5H2,1-3H3. The molecule has 72 valence electrons. The summed E-state index contributed by atoms with van der Waals surface area (Å²) in [5.41, 5.74) is 0.487. The number of nitrogens with zero attached hydrogens (tertiary/aromatic N) is 2. The predicted octanol–water partition coefficient (Wildman–Crippen LogP) is 1.50. The topological polar surface area (TPSA) is 44.1 Å². The summed E-state index contributed by atoms with van der Waals surface area (Å²) in [7, 11) is 1.57. The number of Topliss-reactive ketones (excluding diaryl/α,β-unsaturated/α-hetero) is 1. The van der Waals surface area contributed by atoms with E-state index in [1.165, 1.54) is 0 Å². The molecule has 1 heterocycles. The molecule has 0 spiro atoms. The van der Waals surface area contributed by atoms with Crippen molar-refractivity contribution in [3.63, 3.8) is 0 Å². The summed E-state index contributed by atoms with van der Waals surface area (Å²) in [6.07, 6.45) is 0.476. The highest BCUT2D eigenvalue weighted by atomic mass is 16.5. The van der Waals surface area contributed by atoms with Gasteiger partial charge < -0.3 is 4.74 Å². The molecular formula is C9H14N2O2. The lowest BCUT2D eigenvalue weighted by molar-refractivity contribution is 0.0982. The average molecular weight is 182 g/mol. The maximum Gasteiger partial charge on any atom is 0.212 e. The number of carbonyl (C=O) groups is 1. The van der Waals surface area contributed by atoms with Crippen LogP contribution >= 0.6 is 0 Å². The Bertz CT molecular complexity index is 283. The van der Waals surface area contributed by atoms with E-state index in [0.29, 0.717) is 24.5 Å². The minimum absolute atomic E-state index is 0.0468. The molecule has 0 aliphatic rings. The van der Waals surface area contributed by atoms with Crippen molar-refractivity contribution >= 4 is 5.78 Å². The van der Waals surface area contributed by atoms with Crippen LogP contribution in [0.1, 0.15) is 30.8 Å². The van der Waals surface area contributed by atoms with Crippen molar-refractivity contribution in [2.45, 2.75) is 26.8 Å². The van der Waals surface area contributed by atoms with E-state index >= 15 is 0 Å². The van der Waals surface area contributed by atoms with Crippen molar-refractivity contribution in [1.29, 1.82) is 0 Å². The van der Waals surface area contributed by atoms with E-state index in [0.717, 1.165) is 0 Å². The zero-order valence-corrected chi connectivity index (χ0v) is 8.20. The quantitative estimate of drug-likeness (QED) is 0.663. The van der Waals surface area contributed by atoms with Crippen LogP contribution in [-0.4, -0.2) is 22.7 Å². The van der Waals surface area contributed by atoms with Gasteiger partial charge in [0.1, 0.15) is 5.69 Å². The molecule has 0 radical (unpaired) electrons. The highest BCUT2D eigenvalue weighted by Crippen LogP contribution is 2.13. The maximum atomic E-state index is 11.3. The maximum absolute atomic E-state index is 11.3. The summed E-state index contributed by atoms with van der Waals surface area (Å²) in [6, 6.07) is 1.68. The average Bonchev–Trinajstić information content (AvgIpc) is 2.59. The van der Waals surface area contributed by atoms with Gasteiger partial charge in [-0.05, 0) is 6.92 Å². The van der Waals surface area contributed by atoms with Gasteiger partial charge in [0.05, 0.1) is 7.11 Å². The lowest BCUT2D eigenvalue weighted by Gasteiger charge is -1.99. The number of aromatic nitrogens is 2. The number of carbonyl (C=O) groups excluding carboxylic acids is 1. The molecule has 0 aliphatic carbocycles. The van der Waals surface area contributed by atoms with Crippen LogP contribution in [0.25, 0.3) is 0 Å². The third-order valence-corrected chi connectivity index (χ3v) is 1.86. The van der Waals surface area contributed by atoms with E-state index in [1.54, 1.807) is 17.9 Å². The van der Waals surface area contributed by atoms with E-state index in [4.69, 9.17) is 4.74 Å². The van der Waals surface area contributed by atoms with Gasteiger partial charge in [-0.3, -0.25) is 4.79 Å². The second-order valence-corrected chi connectivity index (χ2v) is 2.66. The fraction of sp³-hybridized carbons (Fsp3) is 0.556. The first-order chi connectivity index (χ1) is 6.22. The summed E-state index contributed by atoms with van der Waals surface area (Å²) in [5, 5.41) is 4.11. The third kappa shape index (κ3) is 1.88. The highest BCUT2D eigenvalue weighted by molar-refractivity contribution is 5.94. The first-order valence-corrected chi connectivity index (χ1v) is 4.38. The smallest absolute Gasteiger partial charge is 0.212 e. The Hall–Kier alpha value is -1.32. The molecule has 0 aromatic carbocycles. The molecule has 0 unspecified atom stereocenters. The summed E-state index contributed by atoms with van der Waals surface area (Å²) in [5.74, 6) is 0.685. The van der Waals surface area contributed by atoms with Gasteiger partial charge in [-0.15, -0.1) is 0 Å². The first-order valence-electron chi connectivity index (χ1n) is 4.38. The lowest BCUT2D eigenvalue weighted by atomic mass is 10.2. The predicted molar refractivity (Wildman–Crippen MR) is 49.1 cm³/mol. The van der Waals surface area contributed by atoms with Gasteiger partial charge in [0, 0.05) is 19.0 Å². The van der Waals surface area contributed by atoms with Crippen molar-refractivity contribution in [2.24, 2.45) is 0 Å². The van der Waals surface area contributed by atoms with Crippen LogP contribution in [0.2, 0.25) is 0 Å². The molecule has 4 heteroatoms. The molecule has 1 aromatic rings. The second-order valence-electron chi connectivity index (χ2n) is 2.66. The van der Waals surface area contributed by atoms with Crippen LogP contribution in [0.4, 0.5) is 0 Å². The number of hydrogen-bond donors (Lipinski definition) is 0. The Labute approximate surface area is 77.5 Å². The second kappa shape index (κ2) is 4.07. The van der Waals surface area contributed by atoms with Gasteiger partial charge >= 0.3 is 0 Å². The number of rotatable bonds is 4. The Morgan fingerprint density at radius 2 is 2.31 bits per heavy atom. The molecule has 0 fully saturated rings. The van der Waals surface area contributed by atoms with Crippen LogP contribution < -0.4 is 4.74 Å². The van der Waals surface area contributed by atoms with E-state index < -0.39 is 0 Å². The molecule has 4 nitrogen and oxygen atoms in total. The van der Waals surface area contributed by atoms with Crippen molar-refractivity contribution in [2.75, 3.05) is 7.11 Å². The van der Waals surface area contributed by atoms with Crippen molar-refractivity contribution in [1.82, 2.24) is 9.78 Å². The Kier molecular flexibility index (Phi) is 3.06. The van der Waals surface area contributed by atoms with Crippen molar-refractivity contribution < 1.29 is 9.53 Å². The van der Waals surface area contributed by atoms with E-state index in [2.05, 4.69) is 5.10 Å². The molecule has 0 aliphatic heterocycles. The van der Waals surface area contributed by atoms with E-state index in [9.17, 15) is 4.79 Å². The monoisotopic (exact) mass is 182 g/mol. The van der Waals surface area contributed by atoms with E-state index in [-0.39, 0.29) is 5.78 Å². The minimum Gasteiger partial charge on any atom is -0.481 e. The molecule has 0 amide bonds. The van der Waals surface area contributed by atoms with Crippen LogP contribution in [-0.2, 0) is 6.54 Å². The van der Waals surface area contributed by atoms with Gasteiger partial charge in [0.25, 0.3) is 0 Å². The summed E-state index contributed by atoms with van der Waals surface area (Å²) in [6.45, 7) is 4.48. The molecule has 1 aromatic heterocycles. The highest BCUT2D eigenvalue weighted by Gasteiger charge is 2.11. The molecule has 0 bridgehead atoms. The van der Waals surface area contributed by atoms with Crippen molar-refractivity contribution in [3.8, 4) is 5.88 Å². The number of ether oxygens (including phenoxy) is 1. The Morgan fingerprint density at radius 1 is 1.62 bits per heavy atom. The molecule has 1 rings (SSSR count). The zero-order valence-electron chi connectivity index (χ0n) is 8.20. The zero-order chi connectivity index (χ0) is 9.84. The number of methoxy groups -OCH3 is 1.